The number of rotatable bonds is 6. The first-order valence-electron chi connectivity index (χ1n) is 12.2. The van der Waals surface area contributed by atoms with E-state index in [9.17, 15) is 5.11 Å². The van der Waals surface area contributed by atoms with Gasteiger partial charge in [0.25, 0.3) is 0 Å². The second-order valence-electron chi connectivity index (χ2n) is 9.15. The summed E-state index contributed by atoms with van der Waals surface area (Å²) in [4.78, 5) is 0. The van der Waals surface area contributed by atoms with Crippen molar-refractivity contribution in [3.05, 3.63) is 150 Å². The number of phenolic OH excluding ortho intramolecular Hbond substituents is 1. The lowest BCUT2D eigenvalue weighted by Gasteiger charge is -2.13. The quantitative estimate of drug-likeness (QED) is 0.267. The van der Waals surface area contributed by atoms with Crippen LogP contribution >= 0.6 is 0 Å². The van der Waals surface area contributed by atoms with Crippen LogP contribution < -0.4 is 0 Å². The van der Waals surface area contributed by atoms with Gasteiger partial charge in [0.05, 0.1) is 6.26 Å². The monoisotopic (exact) mass is 466 g/mol. The SMILES string of the molecule is Oc1cccc(-c2ccc(-c3c(Cc4ccccc4)cc4cccoc3-4)cc2)c1Cc1ccccc1. The molecule has 2 aliphatic rings. The number of phenols is 1. The first-order chi connectivity index (χ1) is 17.8. The third-order valence-electron chi connectivity index (χ3n) is 6.78. The van der Waals surface area contributed by atoms with Crippen molar-refractivity contribution in [1.82, 2.24) is 0 Å². The van der Waals surface area contributed by atoms with Gasteiger partial charge in [0.1, 0.15) is 11.5 Å². The van der Waals surface area contributed by atoms with Crippen LogP contribution in [0.3, 0.4) is 0 Å². The van der Waals surface area contributed by atoms with Gasteiger partial charge in [-0.15, -0.1) is 0 Å². The standard InChI is InChI=1S/C34H26O2/c35-32-15-7-14-30(31(32)22-25-11-5-2-6-12-25)26-16-18-27(19-17-26)33-29(21-24-9-3-1-4-10-24)23-28-13-8-20-36-34(28)33/h1-20,23,35H,21-22H2. The fourth-order valence-corrected chi connectivity index (χ4v) is 5.04. The van der Waals surface area contributed by atoms with Crippen molar-refractivity contribution in [2.75, 3.05) is 0 Å². The van der Waals surface area contributed by atoms with Crippen molar-refractivity contribution >= 4 is 0 Å². The summed E-state index contributed by atoms with van der Waals surface area (Å²) in [7, 11) is 0. The number of hydrogen-bond donors (Lipinski definition) is 1. The minimum atomic E-state index is 0.325. The molecule has 0 saturated heterocycles. The average molecular weight is 467 g/mol. The lowest BCUT2D eigenvalue weighted by atomic mass is 9.92. The van der Waals surface area contributed by atoms with E-state index in [1.165, 1.54) is 16.7 Å². The maximum absolute atomic E-state index is 10.7. The Morgan fingerprint density at radius 2 is 1.22 bits per heavy atom. The smallest absolute Gasteiger partial charge is 0.141 e. The molecule has 1 aliphatic heterocycles. The molecule has 4 aromatic carbocycles. The van der Waals surface area contributed by atoms with Crippen molar-refractivity contribution in [3.63, 3.8) is 0 Å². The van der Waals surface area contributed by atoms with E-state index in [0.717, 1.165) is 45.6 Å². The first-order valence-corrected chi connectivity index (χ1v) is 12.2. The third-order valence-corrected chi connectivity index (χ3v) is 6.78. The molecule has 1 N–H and O–H groups in total. The summed E-state index contributed by atoms with van der Waals surface area (Å²) in [6, 6.07) is 41.5. The largest absolute Gasteiger partial charge is 0.508 e. The Hall–Kier alpha value is -4.56. The highest BCUT2D eigenvalue weighted by atomic mass is 16.3. The summed E-state index contributed by atoms with van der Waals surface area (Å²) < 4.78 is 6.00. The average Bonchev–Trinajstić information content (AvgIpc) is 3.29. The van der Waals surface area contributed by atoms with E-state index in [4.69, 9.17) is 4.42 Å². The van der Waals surface area contributed by atoms with Crippen molar-refractivity contribution in [3.8, 4) is 39.3 Å². The molecule has 0 amide bonds. The first kappa shape index (κ1) is 21.9. The van der Waals surface area contributed by atoms with Crippen LogP contribution in [0.4, 0.5) is 0 Å². The molecule has 36 heavy (non-hydrogen) atoms. The van der Waals surface area contributed by atoms with Crippen LogP contribution in [-0.2, 0) is 12.8 Å². The summed E-state index contributed by atoms with van der Waals surface area (Å²) in [6.45, 7) is 0. The molecule has 0 unspecified atom stereocenters. The molecule has 1 aliphatic carbocycles. The highest BCUT2D eigenvalue weighted by Gasteiger charge is 2.20. The van der Waals surface area contributed by atoms with E-state index in [2.05, 4.69) is 78.9 Å². The highest BCUT2D eigenvalue weighted by molar-refractivity contribution is 5.87. The maximum atomic E-state index is 10.7. The van der Waals surface area contributed by atoms with Gasteiger partial charge >= 0.3 is 0 Å². The highest BCUT2D eigenvalue weighted by Crippen LogP contribution is 2.41. The zero-order valence-corrected chi connectivity index (χ0v) is 19.9. The van der Waals surface area contributed by atoms with Crippen molar-refractivity contribution in [1.29, 1.82) is 0 Å². The van der Waals surface area contributed by atoms with Gasteiger partial charge in [-0.1, -0.05) is 97.1 Å². The molecular weight excluding hydrogens is 440 g/mol. The fraction of sp³-hybridized carbons (Fsp3) is 0.0588. The normalized spacial score (nSPS) is 11.1. The molecule has 2 nitrogen and oxygen atoms in total. The molecule has 0 radical (unpaired) electrons. The van der Waals surface area contributed by atoms with Crippen LogP contribution in [0.25, 0.3) is 33.6 Å². The number of aromatic hydroxyl groups is 1. The van der Waals surface area contributed by atoms with Crippen LogP contribution in [0.5, 0.6) is 5.75 Å². The molecule has 0 fully saturated rings. The second kappa shape index (κ2) is 9.59. The van der Waals surface area contributed by atoms with Crippen LogP contribution in [0.2, 0.25) is 0 Å². The summed E-state index contributed by atoms with van der Waals surface area (Å²) in [6.07, 6.45) is 3.27. The van der Waals surface area contributed by atoms with Crippen LogP contribution in [0.15, 0.2) is 132 Å². The maximum Gasteiger partial charge on any atom is 0.141 e. The van der Waals surface area contributed by atoms with E-state index in [-0.39, 0.29) is 0 Å². The van der Waals surface area contributed by atoms with Gasteiger partial charge in [0.15, 0.2) is 0 Å². The fourth-order valence-electron chi connectivity index (χ4n) is 5.04. The topological polar surface area (TPSA) is 33.4 Å². The Morgan fingerprint density at radius 1 is 0.556 bits per heavy atom. The van der Waals surface area contributed by atoms with Crippen molar-refractivity contribution in [2.45, 2.75) is 12.8 Å². The predicted octanol–water partition coefficient (Wildman–Crippen LogP) is 8.61. The van der Waals surface area contributed by atoms with E-state index in [1.807, 2.05) is 36.4 Å². The van der Waals surface area contributed by atoms with Gasteiger partial charge in [-0.2, -0.15) is 0 Å². The summed E-state index contributed by atoms with van der Waals surface area (Å²) in [5.41, 5.74) is 10.1. The molecule has 2 heteroatoms. The number of fused-ring (bicyclic) bond motifs is 1. The van der Waals surface area contributed by atoms with Crippen LogP contribution in [0, 0.1) is 0 Å². The lowest BCUT2D eigenvalue weighted by molar-refractivity contribution is 0.470. The molecule has 174 valence electrons. The summed E-state index contributed by atoms with van der Waals surface area (Å²) in [5.74, 6) is 1.24. The van der Waals surface area contributed by atoms with E-state index in [1.54, 1.807) is 12.3 Å². The van der Waals surface area contributed by atoms with Gasteiger partial charge in [-0.25, -0.2) is 0 Å². The molecule has 6 rings (SSSR count). The molecule has 0 atom stereocenters. The predicted molar refractivity (Wildman–Crippen MR) is 146 cm³/mol. The van der Waals surface area contributed by atoms with Crippen LogP contribution in [0.1, 0.15) is 22.3 Å². The minimum absolute atomic E-state index is 0.325. The zero-order chi connectivity index (χ0) is 24.3. The Balaban J connectivity index is 1.39. The summed E-state index contributed by atoms with van der Waals surface area (Å²) in [5, 5.41) is 10.7. The molecule has 0 aromatic heterocycles. The minimum Gasteiger partial charge on any atom is -0.508 e. The van der Waals surface area contributed by atoms with Gasteiger partial charge in [0.2, 0.25) is 0 Å². The molecule has 0 saturated carbocycles. The third kappa shape index (κ3) is 4.30. The van der Waals surface area contributed by atoms with E-state index >= 15 is 0 Å². The van der Waals surface area contributed by atoms with Crippen LogP contribution in [-0.4, -0.2) is 5.11 Å². The molecule has 4 aromatic rings. The second-order valence-corrected chi connectivity index (χ2v) is 9.15. The van der Waals surface area contributed by atoms with Gasteiger partial charge in [-0.3, -0.25) is 0 Å². The van der Waals surface area contributed by atoms with Crippen molar-refractivity contribution < 1.29 is 9.52 Å². The molecule has 0 bridgehead atoms. The molecule has 1 heterocycles. The van der Waals surface area contributed by atoms with Gasteiger partial charge in [0, 0.05) is 23.1 Å². The Labute approximate surface area is 211 Å². The number of hydrogen-bond acceptors (Lipinski definition) is 2. The Kier molecular flexibility index (Phi) is 5.85. The zero-order valence-electron chi connectivity index (χ0n) is 19.9. The Bertz CT molecular complexity index is 1560. The van der Waals surface area contributed by atoms with E-state index < -0.39 is 0 Å². The summed E-state index contributed by atoms with van der Waals surface area (Å²) >= 11 is 0. The molecular formula is C34H26O2. The molecule has 0 spiro atoms. The Morgan fingerprint density at radius 3 is 1.94 bits per heavy atom. The van der Waals surface area contributed by atoms with Gasteiger partial charge < -0.3 is 9.52 Å². The lowest BCUT2D eigenvalue weighted by Crippen LogP contribution is -1.94. The van der Waals surface area contributed by atoms with Crippen molar-refractivity contribution in [2.24, 2.45) is 0 Å². The van der Waals surface area contributed by atoms with E-state index in [0.29, 0.717) is 12.2 Å². The number of benzene rings is 4. The van der Waals surface area contributed by atoms with Gasteiger partial charge in [-0.05, 0) is 64.1 Å².